The standard InChI is InChI=1S/C17H34N2/c1-5-7-9-10-11-13-18-14-15-19(16(3)4)17(18)12-8-6-2/h14-17H,5-13H2,1-4H3. The molecule has 1 unspecified atom stereocenters. The molecule has 112 valence electrons. The van der Waals surface area contributed by atoms with Gasteiger partial charge in [-0.2, -0.15) is 0 Å². The van der Waals surface area contributed by atoms with Crippen LogP contribution in [0.1, 0.15) is 79.1 Å². The molecule has 19 heavy (non-hydrogen) atoms. The number of rotatable bonds is 10. The lowest BCUT2D eigenvalue weighted by molar-refractivity contribution is 0.114. The molecule has 0 aromatic rings. The molecule has 1 rings (SSSR count). The highest BCUT2D eigenvalue weighted by molar-refractivity contribution is 4.98. The molecular formula is C17H34N2. The Morgan fingerprint density at radius 1 is 0.895 bits per heavy atom. The highest BCUT2D eigenvalue weighted by Gasteiger charge is 2.26. The maximum Gasteiger partial charge on any atom is 0.101 e. The maximum absolute atomic E-state index is 2.57. The molecule has 0 saturated carbocycles. The van der Waals surface area contributed by atoms with Crippen molar-refractivity contribution < 1.29 is 0 Å². The molecule has 0 bridgehead atoms. The van der Waals surface area contributed by atoms with Crippen molar-refractivity contribution in [1.29, 1.82) is 0 Å². The molecule has 1 aliphatic heterocycles. The van der Waals surface area contributed by atoms with Gasteiger partial charge in [-0.05, 0) is 33.1 Å². The zero-order chi connectivity index (χ0) is 14.1. The van der Waals surface area contributed by atoms with Gasteiger partial charge in [0, 0.05) is 25.0 Å². The van der Waals surface area contributed by atoms with Gasteiger partial charge in [-0.3, -0.25) is 0 Å². The SMILES string of the molecule is CCCCCCCN1C=CN(C(C)C)C1CCCC. The monoisotopic (exact) mass is 266 g/mol. The Labute approximate surface area is 120 Å². The molecule has 2 nitrogen and oxygen atoms in total. The average molecular weight is 266 g/mol. The first-order valence-electron chi connectivity index (χ1n) is 8.42. The smallest absolute Gasteiger partial charge is 0.101 e. The van der Waals surface area contributed by atoms with E-state index < -0.39 is 0 Å². The summed E-state index contributed by atoms with van der Waals surface area (Å²) in [5.74, 6) is 0. The quantitative estimate of drug-likeness (QED) is 0.515. The Balaban J connectivity index is 2.35. The normalized spacial score (nSPS) is 18.9. The van der Waals surface area contributed by atoms with Crippen molar-refractivity contribution in [1.82, 2.24) is 9.80 Å². The Morgan fingerprint density at radius 3 is 2.21 bits per heavy atom. The van der Waals surface area contributed by atoms with E-state index in [1.807, 2.05) is 0 Å². The third-order valence-corrected chi connectivity index (χ3v) is 4.09. The number of nitrogens with zero attached hydrogens (tertiary/aromatic N) is 2. The molecule has 0 saturated heterocycles. The first kappa shape index (κ1) is 16.4. The first-order valence-corrected chi connectivity index (χ1v) is 8.42. The number of hydrogen-bond donors (Lipinski definition) is 0. The van der Waals surface area contributed by atoms with Crippen molar-refractivity contribution in [2.24, 2.45) is 0 Å². The van der Waals surface area contributed by atoms with Gasteiger partial charge in [-0.15, -0.1) is 0 Å². The average Bonchev–Trinajstić information content (AvgIpc) is 2.79. The van der Waals surface area contributed by atoms with Gasteiger partial charge in [-0.25, -0.2) is 0 Å². The molecule has 0 N–H and O–H groups in total. The molecule has 2 heteroatoms. The van der Waals surface area contributed by atoms with Crippen LogP contribution in [0, 0.1) is 0 Å². The van der Waals surface area contributed by atoms with Crippen molar-refractivity contribution in [3.8, 4) is 0 Å². The van der Waals surface area contributed by atoms with Gasteiger partial charge in [0.25, 0.3) is 0 Å². The molecule has 0 aliphatic carbocycles. The number of unbranched alkanes of at least 4 members (excludes halogenated alkanes) is 5. The molecule has 0 radical (unpaired) electrons. The van der Waals surface area contributed by atoms with Crippen molar-refractivity contribution in [2.45, 2.75) is 91.3 Å². The molecule has 1 aliphatic rings. The summed E-state index contributed by atoms with van der Waals surface area (Å²) in [7, 11) is 0. The first-order chi connectivity index (χ1) is 9.20. The van der Waals surface area contributed by atoms with E-state index in [4.69, 9.17) is 0 Å². The zero-order valence-corrected chi connectivity index (χ0v) is 13.6. The van der Waals surface area contributed by atoms with Gasteiger partial charge in [0.05, 0.1) is 0 Å². The maximum atomic E-state index is 2.57. The van der Waals surface area contributed by atoms with E-state index in [0.29, 0.717) is 12.2 Å². The second-order valence-electron chi connectivity index (χ2n) is 6.11. The summed E-state index contributed by atoms with van der Waals surface area (Å²) in [6.45, 7) is 10.4. The largest absolute Gasteiger partial charge is 0.356 e. The van der Waals surface area contributed by atoms with Crippen LogP contribution < -0.4 is 0 Å². The van der Waals surface area contributed by atoms with Crippen molar-refractivity contribution >= 4 is 0 Å². The Hall–Kier alpha value is -0.660. The van der Waals surface area contributed by atoms with Gasteiger partial charge in [-0.1, -0.05) is 46.0 Å². The Bertz CT molecular complexity index is 248. The van der Waals surface area contributed by atoms with Crippen LogP contribution in [-0.2, 0) is 0 Å². The number of hydrogen-bond acceptors (Lipinski definition) is 2. The van der Waals surface area contributed by atoms with Crippen LogP contribution in [0.4, 0.5) is 0 Å². The summed E-state index contributed by atoms with van der Waals surface area (Å²) in [5, 5.41) is 0. The molecule has 0 amide bonds. The second kappa shape index (κ2) is 9.28. The van der Waals surface area contributed by atoms with E-state index in [-0.39, 0.29) is 0 Å². The predicted octanol–water partition coefficient (Wildman–Crippen LogP) is 4.97. The summed E-state index contributed by atoms with van der Waals surface area (Å²) in [6.07, 6.45) is 16.0. The minimum Gasteiger partial charge on any atom is -0.356 e. The Kier molecular flexibility index (Phi) is 8.00. The fraction of sp³-hybridized carbons (Fsp3) is 0.882. The molecule has 1 heterocycles. The summed E-state index contributed by atoms with van der Waals surface area (Å²) in [5.41, 5.74) is 0. The fourth-order valence-electron chi connectivity index (χ4n) is 2.87. The van der Waals surface area contributed by atoms with Gasteiger partial charge < -0.3 is 9.80 Å². The van der Waals surface area contributed by atoms with Crippen molar-refractivity contribution in [2.75, 3.05) is 6.54 Å². The molecule has 0 spiro atoms. The topological polar surface area (TPSA) is 6.48 Å². The third kappa shape index (κ3) is 5.46. The van der Waals surface area contributed by atoms with Gasteiger partial charge in [0.15, 0.2) is 0 Å². The van der Waals surface area contributed by atoms with Crippen LogP contribution in [0.25, 0.3) is 0 Å². The molecule has 0 fully saturated rings. The van der Waals surface area contributed by atoms with Gasteiger partial charge >= 0.3 is 0 Å². The summed E-state index contributed by atoms with van der Waals surface area (Å²) in [6, 6.07) is 0.614. The fourth-order valence-corrected chi connectivity index (χ4v) is 2.87. The second-order valence-corrected chi connectivity index (χ2v) is 6.11. The van der Waals surface area contributed by atoms with E-state index in [9.17, 15) is 0 Å². The van der Waals surface area contributed by atoms with Crippen LogP contribution in [0.2, 0.25) is 0 Å². The van der Waals surface area contributed by atoms with Gasteiger partial charge in [0.2, 0.25) is 0 Å². The van der Waals surface area contributed by atoms with E-state index in [2.05, 4.69) is 49.9 Å². The minimum atomic E-state index is 0.614. The van der Waals surface area contributed by atoms with E-state index in [1.165, 1.54) is 57.9 Å². The van der Waals surface area contributed by atoms with Gasteiger partial charge in [0.1, 0.15) is 6.17 Å². The lowest BCUT2D eigenvalue weighted by Gasteiger charge is -2.35. The minimum absolute atomic E-state index is 0.614. The highest BCUT2D eigenvalue weighted by atomic mass is 15.4. The summed E-state index contributed by atoms with van der Waals surface area (Å²) in [4.78, 5) is 5.10. The summed E-state index contributed by atoms with van der Waals surface area (Å²) < 4.78 is 0. The summed E-state index contributed by atoms with van der Waals surface area (Å²) >= 11 is 0. The van der Waals surface area contributed by atoms with E-state index in [1.54, 1.807) is 0 Å². The van der Waals surface area contributed by atoms with Crippen molar-refractivity contribution in [3.63, 3.8) is 0 Å². The highest BCUT2D eigenvalue weighted by Crippen LogP contribution is 2.23. The van der Waals surface area contributed by atoms with Crippen LogP contribution in [0.15, 0.2) is 12.4 Å². The zero-order valence-electron chi connectivity index (χ0n) is 13.6. The van der Waals surface area contributed by atoms with Crippen LogP contribution in [0.3, 0.4) is 0 Å². The van der Waals surface area contributed by atoms with Crippen LogP contribution in [-0.4, -0.2) is 28.6 Å². The molecule has 0 aromatic heterocycles. The Morgan fingerprint density at radius 2 is 1.58 bits per heavy atom. The van der Waals surface area contributed by atoms with E-state index >= 15 is 0 Å². The molecule has 0 aromatic carbocycles. The predicted molar refractivity (Wildman–Crippen MR) is 84.9 cm³/mol. The van der Waals surface area contributed by atoms with Crippen LogP contribution >= 0.6 is 0 Å². The molecular weight excluding hydrogens is 232 g/mol. The lowest BCUT2D eigenvalue weighted by Crippen LogP contribution is -2.42. The molecule has 1 atom stereocenters. The van der Waals surface area contributed by atoms with Crippen molar-refractivity contribution in [3.05, 3.63) is 12.4 Å². The van der Waals surface area contributed by atoms with Crippen LogP contribution in [0.5, 0.6) is 0 Å². The lowest BCUT2D eigenvalue weighted by atomic mass is 10.1. The van der Waals surface area contributed by atoms with E-state index in [0.717, 1.165) is 0 Å². The third-order valence-electron chi connectivity index (χ3n) is 4.09.